The summed E-state index contributed by atoms with van der Waals surface area (Å²) in [5.74, 6) is 2.41. The zero-order chi connectivity index (χ0) is 14.9. The molecule has 2 rings (SSSR count). The van der Waals surface area contributed by atoms with E-state index in [0.717, 1.165) is 23.7 Å². The lowest BCUT2D eigenvalue weighted by atomic mass is 10.3. The van der Waals surface area contributed by atoms with Gasteiger partial charge in [0.05, 0.1) is 25.5 Å². The molecule has 0 aliphatic carbocycles. The summed E-state index contributed by atoms with van der Waals surface area (Å²) < 4.78 is 16.6. The summed E-state index contributed by atoms with van der Waals surface area (Å²) in [5, 5.41) is 0. The second kappa shape index (κ2) is 8.04. The fraction of sp³-hybridized carbons (Fsp3) is 0.294. The molecule has 0 fully saturated rings. The molecule has 112 valence electrons. The number of hydrogen-bond donors (Lipinski definition) is 1. The summed E-state index contributed by atoms with van der Waals surface area (Å²) in [6, 6.07) is 15.1. The van der Waals surface area contributed by atoms with Gasteiger partial charge in [-0.25, -0.2) is 0 Å². The Kier molecular flexibility index (Phi) is 5.76. The molecule has 2 aromatic rings. The van der Waals surface area contributed by atoms with Gasteiger partial charge in [0.1, 0.15) is 17.2 Å². The molecule has 2 aromatic carbocycles. The molecule has 4 nitrogen and oxygen atoms in total. The minimum atomic E-state index is 0.575. The highest BCUT2D eigenvalue weighted by molar-refractivity contribution is 5.51. The van der Waals surface area contributed by atoms with Crippen LogP contribution in [0.2, 0.25) is 0 Å². The van der Waals surface area contributed by atoms with E-state index in [-0.39, 0.29) is 0 Å². The maximum atomic E-state index is 5.80. The maximum Gasteiger partial charge on any atom is 0.142 e. The number of para-hydroxylation sites is 2. The number of hydrogen-bond acceptors (Lipinski definition) is 4. The molecule has 2 N–H and O–H groups in total. The van der Waals surface area contributed by atoms with Gasteiger partial charge in [0.2, 0.25) is 0 Å². The molecule has 0 amide bonds. The Morgan fingerprint density at radius 1 is 0.810 bits per heavy atom. The van der Waals surface area contributed by atoms with Crippen molar-refractivity contribution in [2.24, 2.45) is 0 Å². The first-order chi connectivity index (χ1) is 10.3. The minimum absolute atomic E-state index is 0.575. The van der Waals surface area contributed by atoms with Crippen LogP contribution in [0, 0.1) is 0 Å². The van der Waals surface area contributed by atoms with Crippen LogP contribution < -0.4 is 19.9 Å². The Balaban J connectivity index is 1.66. The van der Waals surface area contributed by atoms with Crippen molar-refractivity contribution >= 4 is 5.69 Å². The fourth-order valence-electron chi connectivity index (χ4n) is 1.84. The number of nitrogen functional groups attached to an aromatic ring is 1. The first-order valence-electron chi connectivity index (χ1n) is 7.12. The quantitative estimate of drug-likeness (QED) is 0.596. The molecule has 0 saturated carbocycles. The number of nitrogens with two attached hydrogens (primary N) is 1. The molecule has 0 saturated heterocycles. The van der Waals surface area contributed by atoms with E-state index in [2.05, 4.69) is 0 Å². The Hall–Kier alpha value is -2.36. The summed E-state index contributed by atoms with van der Waals surface area (Å²) in [6.45, 7) is 3.80. The predicted octanol–water partition coefficient (Wildman–Crippen LogP) is 3.52. The van der Waals surface area contributed by atoms with Crippen molar-refractivity contribution in [3.63, 3.8) is 0 Å². The minimum Gasteiger partial charge on any atom is -0.494 e. The predicted molar refractivity (Wildman–Crippen MR) is 84.1 cm³/mol. The lowest BCUT2D eigenvalue weighted by Gasteiger charge is -2.10. The van der Waals surface area contributed by atoms with Gasteiger partial charge in [-0.05, 0) is 43.3 Å². The van der Waals surface area contributed by atoms with E-state index < -0.39 is 0 Å². The van der Waals surface area contributed by atoms with Crippen LogP contribution in [0.5, 0.6) is 17.2 Å². The van der Waals surface area contributed by atoms with E-state index in [1.165, 1.54) is 0 Å². The van der Waals surface area contributed by atoms with Gasteiger partial charge >= 0.3 is 0 Å². The van der Waals surface area contributed by atoms with Crippen molar-refractivity contribution in [3.8, 4) is 17.2 Å². The second-order valence-corrected chi connectivity index (χ2v) is 4.49. The van der Waals surface area contributed by atoms with E-state index in [1.807, 2.05) is 55.5 Å². The monoisotopic (exact) mass is 287 g/mol. The number of anilines is 1. The zero-order valence-corrected chi connectivity index (χ0v) is 12.2. The molecular formula is C17H21NO3. The van der Waals surface area contributed by atoms with Crippen molar-refractivity contribution in [2.45, 2.75) is 13.3 Å². The van der Waals surface area contributed by atoms with Crippen molar-refractivity contribution in [1.29, 1.82) is 0 Å². The summed E-state index contributed by atoms with van der Waals surface area (Å²) in [4.78, 5) is 0. The van der Waals surface area contributed by atoms with Crippen LogP contribution in [0.15, 0.2) is 48.5 Å². The second-order valence-electron chi connectivity index (χ2n) is 4.49. The smallest absolute Gasteiger partial charge is 0.142 e. The molecule has 0 aliphatic heterocycles. The third-order valence-corrected chi connectivity index (χ3v) is 2.87. The maximum absolute atomic E-state index is 5.80. The van der Waals surface area contributed by atoms with Gasteiger partial charge < -0.3 is 19.9 Å². The third-order valence-electron chi connectivity index (χ3n) is 2.87. The average molecular weight is 287 g/mol. The molecular weight excluding hydrogens is 266 g/mol. The van der Waals surface area contributed by atoms with E-state index in [0.29, 0.717) is 25.5 Å². The average Bonchev–Trinajstić information content (AvgIpc) is 2.51. The largest absolute Gasteiger partial charge is 0.494 e. The van der Waals surface area contributed by atoms with Crippen molar-refractivity contribution in [3.05, 3.63) is 48.5 Å². The van der Waals surface area contributed by atoms with E-state index in [4.69, 9.17) is 19.9 Å². The Labute approximate surface area is 125 Å². The SMILES string of the molecule is CCOc1ccc(OCCCOc2ccccc2N)cc1. The van der Waals surface area contributed by atoms with Gasteiger partial charge in [-0.3, -0.25) is 0 Å². The van der Waals surface area contributed by atoms with Gasteiger partial charge in [0.25, 0.3) is 0 Å². The van der Waals surface area contributed by atoms with Gasteiger partial charge in [-0.15, -0.1) is 0 Å². The van der Waals surface area contributed by atoms with Gasteiger partial charge in [-0.1, -0.05) is 12.1 Å². The highest BCUT2D eigenvalue weighted by Gasteiger charge is 1.99. The first kappa shape index (κ1) is 15.0. The van der Waals surface area contributed by atoms with Crippen LogP contribution in [0.3, 0.4) is 0 Å². The van der Waals surface area contributed by atoms with E-state index >= 15 is 0 Å². The van der Waals surface area contributed by atoms with Crippen molar-refractivity contribution < 1.29 is 14.2 Å². The molecule has 4 heteroatoms. The van der Waals surface area contributed by atoms with E-state index in [1.54, 1.807) is 0 Å². The van der Waals surface area contributed by atoms with Crippen LogP contribution >= 0.6 is 0 Å². The normalized spacial score (nSPS) is 10.1. The van der Waals surface area contributed by atoms with Crippen LogP contribution in [0.1, 0.15) is 13.3 Å². The number of benzene rings is 2. The zero-order valence-electron chi connectivity index (χ0n) is 12.2. The molecule has 0 spiro atoms. The lowest BCUT2D eigenvalue weighted by molar-refractivity contribution is 0.248. The standard InChI is InChI=1S/C17H21NO3/c1-2-19-14-8-10-15(11-9-14)20-12-5-13-21-17-7-4-3-6-16(17)18/h3-4,6-11H,2,5,12-13,18H2,1H3. The topological polar surface area (TPSA) is 53.7 Å². The van der Waals surface area contributed by atoms with Crippen LogP contribution in [0.25, 0.3) is 0 Å². The Morgan fingerprint density at radius 2 is 1.43 bits per heavy atom. The van der Waals surface area contributed by atoms with Gasteiger partial charge in [0.15, 0.2) is 0 Å². The van der Waals surface area contributed by atoms with Crippen LogP contribution in [0.4, 0.5) is 5.69 Å². The molecule has 0 heterocycles. The number of ether oxygens (including phenoxy) is 3. The van der Waals surface area contributed by atoms with Crippen LogP contribution in [-0.2, 0) is 0 Å². The molecule has 21 heavy (non-hydrogen) atoms. The molecule has 0 bridgehead atoms. The Morgan fingerprint density at radius 3 is 2.10 bits per heavy atom. The third kappa shape index (κ3) is 4.91. The van der Waals surface area contributed by atoms with Crippen LogP contribution in [-0.4, -0.2) is 19.8 Å². The molecule has 0 aliphatic rings. The molecule has 0 aromatic heterocycles. The molecule has 0 radical (unpaired) electrons. The van der Waals surface area contributed by atoms with E-state index in [9.17, 15) is 0 Å². The van der Waals surface area contributed by atoms with Gasteiger partial charge in [0, 0.05) is 6.42 Å². The summed E-state index contributed by atoms with van der Waals surface area (Å²) in [7, 11) is 0. The van der Waals surface area contributed by atoms with Crippen molar-refractivity contribution in [2.75, 3.05) is 25.6 Å². The molecule has 0 unspecified atom stereocenters. The van der Waals surface area contributed by atoms with Gasteiger partial charge in [-0.2, -0.15) is 0 Å². The van der Waals surface area contributed by atoms with Crippen molar-refractivity contribution in [1.82, 2.24) is 0 Å². The lowest BCUT2D eigenvalue weighted by Crippen LogP contribution is -2.06. The highest BCUT2D eigenvalue weighted by atomic mass is 16.5. The fourth-order valence-corrected chi connectivity index (χ4v) is 1.84. The summed E-state index contributed by atoms with van der Waals surface area (Å²) >= 11 is 0. The first-order valence-corrected chi connectivity index (χ1v) is 7.12. The number of rotatable bonds is 8. The summed E-state index contributed by atoms with van der Waals surface area (Å²) in [5.41, 5.74) is 6.45. The summed E-state index contributed by atoms with van der Waals surface area (Å²) in [6.07, 6.45) is 0.793. The highest BCUT2D eigenvalue weighted by Crippen LogP contribution is 2.20. The molecule has 0 atom stereocenters. The Bertz CT molecular complexity index is 540.